The van der Waals surface area contributed by atoms with Crippen LogP contribution in [-0.4, -0.2) is 11.0 Å². The predicted octanol–water partition coefficient (Wildman–Crippen LogP) is 2.63. The van der Waals surface area contributed by atoms with E-state index in [1.54, 1.807) is 0 Å². The van der Waals surface area contributed by atoms with Crippen LogP contribution in [0.3, 0.4) is 0 Å². The summed E-state index contributed by atoms with van der Waals surface area (Å²) in [7, 11) is 0. The second-order valence-electron chi connectivity index (χ2n) is 3.92. The van der Waals surface area contributed by atoms with Gasteiger partial charge in [-0.05, 0) is 18.6 Å². The fourth-order valence-corrected chi connectivity index (χ4v) is 1.63. The molecule has 0 spiro atoms. The summed E-state index contributed by atoms with van der Waals surface area (Å²) in [6.45, 7) is 2.20. The van der Waals surface area contributed by atoms with E-state index in [0.29, 0.717) is 12.0 Å². The van der Waals surface area contributed by atoms with Gasteiger partial charge in [-0.15, -0.1) is 12.3 Å². The van der Waals surface area contributed by atoms with Gasteiger partial charge < -0.3 is 5.32 Å². The van der Waals surface area contributed by atoms with Gasteiger partial charge in [0.2, 0.25) is 0 Å². The monoisotopic (exact) mass is 250 g/mol. The third kappa shape index (κ3) is 3.82. The maximum Gasteiger partial charge on any atom is 0.274 e. The van der Waals surface area contributed by atoms with Gasteiger partial charge in [0.1, 0.15) is 5.82 Å². The number of benzene rings is 1. The normalized spacial score (nSPS) is 11.8. The smallest absolute Gasteiger partial charge is 0.274 e. The molecular formula is C13H15FN2O2. The molecule has 1 unspecified atom stereocenters. The zero-order valence-corrected chi connectivity index (χ0v) is 10.1. The molecule has 0 saturated heterocycles. The lowest BCUT2D eigenvalue weighted by Gasteiger charge is -2.14. The quantitative estimate of drug-likeness (QED) is 0.479. The summed E-state index contributed by atoms with van der Waals surface area (Å²) >= 11 is 0. The Morgan fingerprint density at radius 1 is 1.61 bits per heavy atom. The van der Waals surface area contributed by atoms with Crippen LogP contribution >= 0.6 is 0 Å². The van der Waals surface area contributed by atoms with Crippen molar-refractivity contribution in [3.63, 3.8) is 0 Å². The summed E-state index contributed by atoms with van der Waals surface area (Å²) in [4.78, 5) is 10.3. The van der Waals surface area contributed by atoms with Crippen LogP contribution in [0.1, 0.15) is 25.3 Å². The largest absolute Gasteiger partial charge is 0.309 e. The molecule has 1 N–H and O–H groups in total. The second kappa shape index (κ2) is 6.72. The van der Waals surface area contributed by atoms with Crippen molar-refractivity contribution < 1.29 is 9.31 Å². The van der Waals surface area contributed by atoms with E-state index in [9.17, 15) is 14.5 Å². The van der Waals surface area contributed by atoms with Crippen molar-refractivity contribution >= 4 is 5.69 Å². The van der Waals surface area contributed by atoms with Crippen LogP contribution in [0.4, 0.5) is 10.1 Å². The molecule has 18 heavy (non-hydrogen) atoms. The molecule has 4 nitrogen and oxygen atoms in total. The van der Waals surface area contributed by atoms with Crippen LogP contribution in [0.25, 0.3) is 0 Å². The molecule has 0 aliphatic heterocycles. The minimum absolute atomic E-state index is 0.0814. The number of hydrogen-bond donors (Lipinski definition) is 1. The Kier molecular flexibility index (Phi) is 5.28. The summed E-state index contributed by atoms with van der Waals surface area (Å²) in [6, 6.07) is 3.51. The average Bonchev–Trinajstić information content (AvgIpc) is 2.34. The first-order valence-electron chi connectivity index (χ1n) is 5.68. The van der Waals surface area contributed by atoms with Crippen LogP contribution < -0.4 is 5.32 Å². The summed E-state index contributed by atoms with van der Waals surface area (Å²) in [5.74, 6) is 2.05. The molecule has 0 fully saturated rings. The van der Waals surface area contributed by atoms with E-state index in [1.165, 1.54) is 12.1 Å². The fraction of sp³-hybridized carbons (Fsp3) is 0.385. The summed E-state index contributed by atoms with van der Waals surface area (Å²) in [6.07, 6.45) is 6.57. The molecule has 0 aliphatic carbocycles. The van der Waals surface area contributed by atoms with E-state index in [2.05, 4.69) is 11.2 Å². The van der Waals surface area contributed by atoms with Crippen molar-refractivity contribution in [3.05, 3.63) is 39.7 Å². The van der Waals surface area contributed by atoms with E-state index in [-0.39, 0.29) is 18.3 Å². The lowest BCUT2D eigenvalue weighted by molar-refractivity contribution is -0.385. The maximum atomic E-state index is 13.1. The van der Waals surface area contributed by atoms with Crippen molar-refractivity contribution in [2.24, 2.45) is 0 Å². The van der Waals surface area contributed by atoms with Crippen LogP contribution in [0.15, 0.2) is 18.2 Å². The summed E-state index contributed by atoms with van der Waals surface area (Å²) < 4.78 is 13.1. The molecule has 0 aliphatic rings. The SMILES string of the molecule is C#CCC(CC)NCc1cc(F)ccc1[N+](=O)[O-]. The third-order valence-electron chi connectivity index (χ3n) is 2.68. The first kappa shape index (κ1) is 14.1. The molecule has 0 saturated carbocycles. The number of hydrogen-bond acceptors (Lipinski definition) is 3. The lowest BCUT2D eigenvalue weighted by Crippen LogP contribution is -2.27. The van der Waals surface area contributed by atoms with Gasteiger partial charge in [-0.25, -0.2) is 4.39 Å². The molecule has 0 heterocycles. The summed E-state index contributed by atoms with van der Waals surface area (Å²) in [5.41, 5.74) is 0.245. The number of rotatable bonds is 6. The fourth-order valence-electron chi connectivity index (χ4n) is 1.63. The Labute approximate surface area is 105 Å². The van der Waals surface area contributed by atoms with Crippen LogP contribution in [-0.2, 0) is 6.54 Å². The number of terminal acetylenes is 1. The van der Waals surface area contributed by atoms with E-state index in [4.69, 9.17) is 6.42 Å². The Balaban J connectivity index is 2.80. The van der Waals surface area contributed by atoms with Gasteiger partial charge in [-0.2, -0.15) is 0 Å². The predicted molar refractivity (Wildman–Crippen MR) is 67.4 cm³/mol. The number of nitrogens with zero attached hydrogens (tertiary/aromatic N) is 1. The molecule has 1 rings (SSSR count). The van der Waals surface area contributed by atoms with Crippen molar-refractivity contribution in [1.82, 2.24) is 5.32 Å². The number of nitro benzene ring substituents is 1. The van der Waals surface area contributed by atoms with E-state index in [1.807, 2.05) is 6.92 Å². The minimum Gasteiger partial charge on any atom is -0.309 e. The Morgan fingerprint density at radius 3 is 2.89 bits per heavy atom. The van der Waals surface area contributed by atoms with Gasteiger partial charge in [0.25, 0.3) is 5.69 Å². The molecule has 96 valence electrons. The zero-order valence-electron chi connectivity index (χ0n) is 10.1. The minimum atomic E-state index is -0.515. The molecule has 0 aromatic heterocycles. The second-order valence-corrected chi connectivity index (χ2v) is 3.92. The summed E-state index contributed by atoms with van der Waals surface area (Å²) in [5, 5.41) is 13.9. The molecule has 0 radical (unpaired) electrons. The van der Waals surface area contributed by atoms with Crippen LogP contribution in [0.2, 0.25) is 0 Å². The van der Waals surface area contributed by atoms with Gasteiger partial charge in [0.05, 0.1) is 4.92 Å². The first-order valence-corrected chi connectivity index (χ1v) is 5.68. The number of halogens is 1. The van der Waals surface area contributed by atoms with E-state index >= 15 is 0 Å². The highest BCUT2D eigenvalue weighted by Gasteiger charge is 2.15. The molecular weight excluding hydrogens is 235 g/mol. The van der Waals surface area contributed by atoms with Gasteiger partial charge in [0.15, 0.2) is 0 Å². The van der Waals surface area contributed by atoms with Crippen LogP contribution in [0, 0.1) is 28.3 Å². The van der Waals surface area contributed by atoms with Gasteiger partial charge in [-0.3, -0.25) is 10.1 Å². The molecule has 1 atom stereocenters. The van der Waals surface area contributed by atoms with E-state index < -0.39 is 10.7 Å². The zero-order chi connectivity index (χ0) is 13.5. The standard InChI is InChI=1S/C13H15FN2O2/c1-3-5-12(4-2)15-9-10-8-11(14)6-7-13(10)16(17)18/h1,6-8,12,15H,4-5,9H2,2H3. The molecule has 0 amide bonds. The highest BCUT2D eigenvalue weighted by Crippen LogP contribution is 2.19. The highest BCUT2D eigenvalue weighted by atomic mass is 19.1. The van der Waals surface area contributed by atoms with Gasteiger partial charge in [-0.1, -0.05) is 6.92 Å². The van der Waals surface area contributed by atoms with Crippen molar-refractivity contribution in [1.29, 1.82) is 0 Å². The third-order valence-corrected chi connectivity index (χ3v) is 2.68. The van der Waals surface area contributed by atoms with Gasteiger partial charge >= 0.3 is 0 Å². The Hall–Kier alpha value is -1.93. The molecule has 0 bridgehead atoms. The van der Waals surface area contributed by atoms with Crippen molar-refractivity contribution in [2.45, 2.75) is 32.4 Å². The molecule has 5 heteroatoms. The average molecular weight is 250 g/mol. The highest BCUT2D eigenvalue weighted by molar-refractivity contribution is 5.40. The Bertz CT molecular complexity index is 469. The van der Waals surface area contributed by atoms with Crippen molar-refractivity contribution in [2.75, 3.05) is 0 Å². The molecule has 1 aromatic carbocycles. The van der Waals surface area contributed by atoms with Crippen molar-refractivity contribution in [3.8, 4) is 12.3 Å². The van der Waals surface area contributed by atoms with E-state index in [0.717, 1.165) is 12.5 Å². The first-order chi connectivity index (χ1) is 8.58. The maximum absolute atomic E-state index is 13.1. The lowest BCUT2D eigenvalue weighted by atomic mass is 10.1. The number of nitrogens with one attached hydrogen (secondary N) is 1. The topological polar surface area (TPSA) is 55.2 Å². The van der Waals surface area contributed by atoms with Crippen LogP contribution in [0.5, 0.6) is 0 Å². The van der Waals surface area contributed by atoms with Gasteiger partial charge in [0, 0.05) is 30.6 Å². The Morgan fingerprint density at radius 2 is 2.33 bits per heavy atom. The number of nitro groups is 1. The molecule has 1 aromatic rings.